The third kappa shape index (κ3) is 3.06. The van der Waals surface area contributed by atoms with Crippen LogP contribution in [-0.4, -0.2) is 37.6 Å². The third-order valence-corrected chi connectivity index (χ3v) is 5.23. The van der Waals surface area contributed by atoms with Gasteiger partial charge in [-0.15, -0.1) is 0 Å². The average molecular weight is 287 g/mol. The summed E-state index contributed by atoms with van der Waals surface area (Å²) in [5.74, 6) is -0.330. The Balaban J connectivity index is 2.28. The molecular formula is C13H18FNO3S. The summed E-state index contributed by atoms with van der Waals surface area (Å²) < 4.78 is 37.1. The number of aliphatic hydroxyl groups is 1. The minimum absolute atomic E-state index is 0.0462. The standard InChI is InChI=1S/C13H18FNO3S/c1-9-8-19(17,18)6-5-15(9)13-4-3-11(10(2)16)7-12(13)14/h3-4,7,9-10,16H,5-6,8H2,1-2H3/t9?,10-/m1/s1. The van der Waals surface area contributed by atoms with Gasteiger partial charge in [-0.2, -0.15) is 0 Å². The number of aliphatic hydroxyl groups excluding tert-OH is 1. The second-order valence-electron chi connectivity index (χ2n) is 5.04. The molecule has 1 aliphatic heterocycles. The summed E-state index contributed by atoms with van der Waals surface area (Å²) in [4.78, 5) is 1.77. The van der Waals surface area contributed by atoms with Gasteiger partial charge in [0.05, 0.1) is 23.3 Å². The number of anilines is 1. The van der Waals surface area contributed by atoms with E-state index in [2.05, 4.69) is 0 Å². The second kappa shape index (κ2) is 5.09. The zero-order valence-electron chi connectivity index (χ0n) is 11.0. The van der Waals surface area contributed by atoms with Gasteiger partial charge in [-0.25, -0.2) is 12.8 Å². The number of sulfone groups is 1. The maximum absolute atomic E-state index is 14.1. The molecule has 1 saturated heterocycles. The Hall–Kier alpha value is -1.14. The van der Waals surface area contributed by atoms with Crippen molar-refractivity contribution in [2.45, 2.75) is 26.0 Å². The van der Waals surface area contributed by atoms with Crippen molar-refractivity contribution in [1.82, 2.24) is 0 Å². The summed E-state index contributed by atoms with van der Waals surface area (Å²) in [5.41, 5.74) is 0.908. The molecule has 2 atom stereocenters. The van der Waals surface area contributed by atoms with Gasteiger partial charge in [0.15, 0.2) is 9.84 Å². The molecule has 1 aromatic carbocycles. The van der Waals surface area contributed by atoms with Crippen LogP contribution in [0.5, 0.6) is 0 Å². The van der Waals surface area contributed by atoms with Gasteiger partial charge in [0.1, 0.15) is 5.82 Å². The van der Waals surface area contributed by atoms with Crippen molar-refractivity contribution in [1.29, 1.82) is 0 Å². The third-order valence-electron chi connectivity index (χ3n) is 3.43. The Morgan fingerprint density at radius 3 is 2.68 bits per heavy atom. The predicted molar refractivity (Wildman–Crippen MR) is 72.5 cm³/mol. The van der Waals surface area contributed by atoms with Gasteiger partial charge in [-0.1, -0.05) is 6.07 Å². The zero-order chi connectivity index (χ0) is 14.2. The number of hydrogen-bond donors (Lipinski definition) is 1. The molecule has 1 aromatic rings. The van der Waals surface area contributed by atoms with Crippen molar-refractivity contribution in [3.05, 3.63) is 29.6 Å². The summed E-state index contributed by atoms with van der Waals surface area (Å²) in [5, 5.41) is 9.41. The van der Waals surface area contributed by atoms with Crippen molar-refractivity contribution in [2.75, 3.05) is 23.0 Å². The van der Waals surface area contributed by atoms with Gasteiger partial charge in [-0.05, 0) is 31.5 Å². The highest BCUT2D eigenvalue weighted by Crippen LogP contribution is 2.27. The van der Waals surface area contributed by atoms with E-state index < -0.39 is 21.8 Å². The molecule has 0 aromatic heterocycles. The molecule has 1 N–H and O–H groups in total. The van der Waals surface area contributed by atoms with Crippen LogP contribution < -0.4 is 4.90 Å². The first-order valence-electron chi connectivity index (χ1n) is 6.25. The normalized spacial score (nSPS) is 24.2. The van der Waals surface area contributed by atoms with Gasteiger partial charge in [0, 0.05) is 12.6 Å². The fourth-order valence-corrected chi connectivity index (χ4v) is 3.93. The smallest absolute Gasteiger partial charge is 0.154 e. The van der Waals surface area contributed by atoms with Crippen LogP contribution in [0.2, 0.25) is 0 Å². The average Bonchev–Trinajstić information content (AvgIpc) is 2.29. The lowest BCUT2D eigenvalue weighted by Crippen LogP contribution is -2.47. The van der Waals surface area contributed by atoms with E-state index in [9.17, 15) is 17.9 Å². The van der Waals surface area contributed by atoms with Crippen molar-refractivity contribution < 1.29 is 17.9 Å². The maximum Gasteiger partial charge on any atom is 0.154 e. The monoisotopic (exact) mass is 287 g/mol. The molecule has 0 saturated carbocycles. The van der Waals surface area contributed by atoms with Crippen molar-refractivity contribution in [2.24, 2.45) is 0 Å². The van der Waals surface area contributed by atoms with Crippen LogP contribution in [0.1, 0.15) is 25.5 Å². The van der Waals surface area contributed by atoms with Gasteiger partial charge < -0.3 is 10.0 Å². The quantitative estimate of drug-likeness (QED) is 0.895. The second-order valence-corrected chi connectivity index (χ2v) is 7.27. The number of halogens is 1. The van der Waals surface area contributed by atoms with Gasteiger partial charge in [0.25, 0.3) is 0 Å². The van der Waals surface area contributed by atoms with Crippen molar-refractivity contribution in [3.63, 3.8) is 0 Å². The molecule has 106 valence electrons. The lowest BCUT2D eigenvalue weighted by molar-refractivity contribution is 0.199. The van der Waals surface area contributed by atoms with E-state index in [1.807, 2.05) is 0 Å². The molecule has 0 spiro atoms. The number of nitrogens with zero attached hydrogens (tertiary/aromatic N) is 1. The van der Waals surface area contributed by atoms with E-state index in [4.69, 9.17) is 0 Å². The Morgan fingerprint density at radius 2 is 2.16 bits per heavy atom. The number of rotatable bonds is 2. The molecule has 0 bridgehead atoms. The molecule has 1 unspecified atom stereocenters. The van der Waals surface area contributed by atoms with E-state index in [1.54, 1.807) is 30.9 Å². The highest BCUT2D eigenvalue weighted by atomic mass is 32.2. The Labute approximate surface area is 112 Å². The molecule has 1 fully saturated rings. The fraction of sp³-hybridized carbons (Fsp3) is 0.538. The molecule has 1 aliphatic rings. The topological polar surface area (TPSA) is 57.6 Å². The lowest BCUT2D eigenvalue weighted by atomic mass is 10.1. The van der Waals surface area contributed by atoms with Crippen LogP contribution in [0.3, 0.4) is 0 Å². The van der Waals surface area contributed by atoms with Gasteiger partial charge >= 0.3 is 0 Å². The number of hydrogen-bond acceptors (Lipinski definition) is 4. The van der Waals surface area contributed by atoms with E-state index in [-0.39, 0.29) is 17.5 Å². The first kappa shape index (κ1) is 14.3. The Bertz CT molecular complexity index is 571. The summed E-state index contributed by atoms with van der Waals surface area (Å²) >= 11 is 0. The molecular weight excluding hydrogens is 269 g/mol. The van der Waals surface area contributed by atoms with Crippen LogP contribution in [0.4, 0.5) is 10.1 Å². The lowest BCUT2D eigenvalue weighted by Gasteiger charge is -2.35. The first-order valence-corrected chi connectivity index (χ1v) is 8.07. The van der Waals surface area contributed by atoms with Crippen LogP contribution in [0.25, 0.3) is 0 Å². The van der Waals surface area contributed by atoms with Crippen molar-refractivity contribution in [3.8, 4) is 0 Å². The highest BCUT2D eigenvalue weighted by molar-refractivity contribution is 7.91. The fourth-order valence-electron chi connectivity index (χ4n) is 2.37. The Morgan fingerprint density at radius 1 is 1.47 bits per heavy atom. The van der Waals surface area contributed by atoms with Crippen LogP contribution >= 0.6 is 0 Å². The number of benzene rings is 1. The molecule has 6 heteroatoms. The van der Waals surface area contributed by atoms with E-state index in [1.165, 1.54) is 6.07 Å². The van der Waals surface area contributed by atoms with E-state index in [0.29, 0.717) is 17.8 Å². The molecule has 1 heterocycles. The molecule has 0 amide bonds. The molecule has 2 rings (SSSR count). The molecule has 0 radical (unpaired) electrons. The SMILES string of the molecule is CC1CS(=O)(=O)CCN1c1ccc([C@@H](C)O)cc1F. The summed E-state index contributed by atoms with van der Waals surface area (Å²) in [6.45, 7) is 3.65. The molecule has 19 heavy (non-hydrogen) atoms. The van der Waals surface area contributed by atoms with Crippen molar-refractivity contribution >= 4 is 15.5 Å². The van der Waals surface area contributed by atoms with E-state index >= 15 is 0 Å². The minimum Gasteiger partial charge on any atom is -0.389 e. The summed E-state index contributed by atoms with van der Waals surface area (Å²) in [6.07, 6.45) is -0.720. The molecule has 0 aliphatic carbocycles. The zero-order valence-corrected chi connectivity index (χ0v) is 11.8. The van der Waals surface area contributed by atoms with Gasteiger partial charge in [-0.3, -0.25) is 0 Å². The van der Waals surface area contributed by atoms with Crippen LogP contribution in [-0.2, 0) is 9.84 Å². The van der Waals surface area contributed by atoms with E-state index in [0.717, 1.165) is 0 Å². The largest absolute Gasteiger partial charge is 0.389 e. The summed E-state index contributed by atoms with van der Waals surface area (Å²) in [7, 11) is -3.01. The first-order chi connectivity index (χ1) is 8.80. The minimum atomic E-state index is -3.01. The van der Waals surface area contributed by atoms with Crippen LogP contribution in [0.15, 0.2) is 18.2 Å². The van der Waals surface area contributed by atoms with Crippen LogP contribution in [0, 0.1) is 5.82 Å². The maximum atomic E-state index is 14.1. The Kier molecular flexibility index (Phi) is 3.82. The van der Waals surface area contributed by atoms with Gasteiger partial charge in [0.2, 0.25) is 0 Å². The molecule has 4 nitrogen and oxygen atoms in total. The predicted octanol–water partition coefficient (Wildman–Crippen LogP) is 1.50. The summed E-state index contributed by atoms with van der Waals surface area (Å²) in [6, 6.07) is 4.33. The highest BCUT2D eigenvalue weighted by Gasteiger charge is 2.29.